The second kappa shape index (κ2) is 38.4. The molecule has 0 radical (unpaired) electrons. The van der Waals surface area contributed by atoms with E-state index in [1.165, 1.54) is 55.6 Å². The van der Waals surface area contributed by atoms with Gasteiger partial charge in [-0.2, -0.15) is 24.9 Å². The van der Waals surface area contributed by atoms with E-state index in [2.05, 4.69) is 196 Å². The first-order chi connectivity index (χ1) is 68.3. The van der Waals surface area contributed by atoms with Crippen LogP contribution in [0.1, 0.15) is 55.6 Å². The molecule has 0 saturated carbocycles. The van der Waals surface area contributed by atoms with Crippen molar-refractivity contribution in [1.82, 2.24) is 101 Å². The Morgan fingerprint density at radius 3 is 0.436 bits per heavy atom. The number of rotatable bonds is 15. The zero-order valence-corrected chi connectivity index (χ0v) is 78.0. The highest BCUT2D eigenvalue weighted by molar-refractivity contribution is 5.86. The molecule has 680 valence electrons. The molecule has 0 bridgehead atoms. The third-order valence-electron chi connectivity index (χ3n) is 23.9. The first kappa shape index (κ1) is 88.0. The second-order valence-corrected chi connectivity index (χ2v) is 34.9. The molecule has 0 atom stereocenters. The van der Waals surface area contributed by atoms with Crippen LogP contribution < -0.4 is 0 Å². The number of aryl methyl sites for hydroxylation is 10. The number of nitrogens with zero attached hydrogens (tertiary/aromatic N) is 15. The molecule has 140 heavy (non-hydrogen) atoms. The van der Waals surface area contributed by atoms with Gasteiger partial charge in [-0.25, -0.2) is 24.9 Å². The van der Waals surface area contributed by atoms with Crippen LogP contribution in [0.2, 0.25) is 0 Å². The van der Waals surface area contributed by atoms with Crippen molar-refractivity contribution in [3.05, 3.63) is 389 Å². The predicted molar refractivity (Wildman–Crippen MR) is 549 cm³/mol. The second-order valence-electron chi connectivity index (χ2n) is 34.9. The Morgan fingerprint density at radius 2 is 0.279 bits per heavy atom. The zero-order chi connectivity index (χ0) is 95.4. The summed E-state index contributed by atoms with van der Waals surface area (Å²) >= 11 is 0. The molecule has 5 N–H and O–H groups in total. The van der Waals surface area contributed by atoms with Crippen molar-refractivity contribution in [2.24, 2.45) is 0 Å². The molecule has 0 unspecified atom stereocenters. The summed E-state index contributed by atoms with van der Waals surface area (Å²) in [6.45, 7) is 20.6. The third-order valence-corrected chi connectivity index (χ3v) is 23.9. The summed E-state index contributed by atoms with van der Waals surface area (Å²) in [7, 11) is 0. The van der Waals surface area contributed by atoms with E-state index in [-0.39, 0.29) is 0 Å². The molecule has 25 aromatic rings. The van der Waals surface area contributed by atoms with Gasteiger partial charge < -0.3 is 47.5 Å². The molecule has 15 aromatic carbocycles. The summed E-state index contributed by atoms with van der Waals surface area (Å²) in [4.78, 5) is 62.9. The van der Waals surface area contributed by atoms with Gasteiger partial charge in [0.1, 0.15) is 29.1 Å². The molecule has 0 aliphatic rings. The Hall–Kier alpha value is -18.7. The van der Waals surface area contributed by atoms with E-state index in [1.807, 2.05) is 308 Å². The number of benzene rings is 15. The highest BCUT2D eigenvalue weighted by Crippen LogP contribution is 2.35. The topological polar surface area (TPSA) is 338 Å². The number of nitrogens with one attached hydrogen (secondary N) is 5. The molecule has 0 amide bonds. The normalized spacial score (nSPS) is 11.2. The quantitative estimate of drug-likeness (QED) is 0.0636. The van der Waals surface area contributed by atoms with Gasteiger partial charge in [0.2, 0.25) is 29.1 Å². The van der Waals surface area contributed by atoms with Crippen molar-refractivity contribution in [3.8, 4) is 171 Å². The molecular weight excluding hydrogens is 1740 g/mol. The monoisotopic (exact) mass is 1830 g/mol. The van der Waals surface area contributed by atoms with Gasteiger partial charge in [0.15, 0.2) is 0 Å². The Balaban J connectivity index is 0.000000104. The Labute approximate surface area is 803 Å². The third kappa shape index (κ3) is 19.7. The molecule has 10 aromatic heterocycles. The van der Waals surface area contributed by atoms with Gasteiger partial charge in [0, 0.05) is 83.5 Å². The number of hydrogen-bond acceptors (Lipinski definition) is 20. The van der Waals surface area contributed by atoms with E-state index in [0.29, 0.717) is 58.6 Å². The van der Waals surface area contributed by atoms with Gasteiger partial charge in [0.05, 0.1) is 55.2 Å². The molecule has 0 aliphatic carbocycles. The Bertz CT molecular complexity index is 7500. The van der Waals surface area contributed by atoms with Crippen LogP contribution in [0.5, 0.6) is 0 Å². The summed E-state index contributed by atoms with van der Waals surface area (Å²) in [5.41, 5.74) is 36.2. The van der Waals surface area contributed by atoms with Crippen LogP contribution in [0.25, 0.3) is 226 Å². The van der Waals surface area contributed by atoms with Crippen LogP contribution in [0.3, 0.4) is 0 Å². The molecule has 0 fully saturated rings. The van der Waals surface area contributed by atoms with Gasteiger partial charge in [-0.05, 0) is 218 Å². The maximum atomic E-state index is 5.43. The van der Waals surface area contributed by atoms with Crippen molar-refractivity contribution in [3.63, 3.8) is 0 Å². The fourth-order valence-corrected chi connectivity index (χ4v) is 16.0. The van der Waals surface area contributed by atoms with Crippen molar-refractivity contribution in [1.29, 1.82) is 0 Å². The van der Waals surface area contributed by atoms with Gasteiger partial charge in [0.25, 0.3) is 29.5 Å². The lowest BCUT2D eigenvalue weighted by molar-refractivity contribution is 0.432. The number of imidazole rings is 5. The van der Waals surface area contributed by atoms with Crippen molar-refractivity contribution >= 4 is 55.2 Å². The standard InChI is InChI=1S/5C23H18N4O/c5*1-14-3-6-18(7-4-14)23-26-22(27-28-23)17-10-8-16(9-11-17)21-24-19-12-5-15(2)13-20(19)25-21/h5*3-13H,1-2H3,(H,24,25). The minimum atomic E-state index is 0.520. The molecule has 10 heterocycles. The van der Waals surface area contributed by atoms with Crippen LogP contribution in [0.15, 0.2) is 356 Å². The highest BCUT2D eigenvalue weighted by Gasteiger charge is 2.21. The van der Waals surface area contributed by atoms with Gasteiger partial charge in [-0.3, -0.25) is 0 Å². The van der Waals surface area contributed by atoms with Crippen LogP contribution in [0.4, 0.5) is 0 Å². The largest absolute Gasteiger partial charge is 0.338 e. The molecule has 25 rings (SSSR count). The van der Waals surface area contributed by atoms with Crippen LogP contribution in [0, 0.1) is 69.2 Å². The van der Waals surface area contributed by atoms with E-state index in [9.17, 15) is 0 Å². The molecular formula is C115H90N20O5. The number of aromatic amines is 5. The fraction of sp³-hybridized carbons (Fsp3) is 0.0870. The van der Waals surface area contributed by atoms with E-state index in [4.69, 9.17) is 22.6 Å². The number of aromatic nitrogens is 20. The SMILES string of the molecule is Cc1ccc(-c2nc(-c3ccc(-c4nc5ccc(C)cc5[nH]4)cc3)no2)cc1.Cc1ccc(-c2nc(-c3ccc(-c4nc5ccc(C)cc5[nH]4)cc3)no2)cc1.Cc1ccc(-c2nc(-c3ccc(-c4nc5ccc(C)cc5[nH]4)cc3)no2)cc1.Cc1ccc(-c2nc(-c3ccc(-c4nc5ccc(C)cc5[nH]4)cc3)no2)cc1.Cc1ccc(-c2nc(-c3ccc(-c4nc5ccc(C)cc5[nH]4)cc3)no2)cc1. The van der Waals surface area contributed by atoms with Crippen LogP contribution in [-0.4, -0.2) is 101 Å². The smallest absolute Gasteiger partial charge is 0.258 e. The van der Waals surface area contributed by atoms with Crippen molar-refractivity contribution in [2.75, 3.05) is 0 Å². The molecule has 25 heteroatoms. The molecule has 0 saturated heterocycles. The van der Waals surface area contributed by atoms with E-state index in [0.717, 1.165) is 168 Å². The fourth-order valence-electron chi connectivity index (χ4n) is 16.0. The van der Waals surface area contributed by atoms with Crippen molar-refractivity contribution < 1.29 is 22.6 Å². The lowest BCUT2D eigenvalue weighted by Crippen LogP contribution is -1.84. The zero-order valence-electron chi connectivity index (χ0n) is 78.0. The maximum absolute atomic E-state index is 5.43. The average molecular weight is 1830 g/mol. The molecule has 0 spiro atoms. The average Bonchev–Trinajstić information content (AvgIpc) is 1.66. The molecule has 0 aliphatic heterocycles. The lowest BCUT2D eigenvalue weighted by Gasteiger charge is -1.98. The van der Waals surface area contributed by atoms with Gasteiger partial charge >= 0.3 is 0 Å². The first-order valence-electron chi connectivity index (χ1n) is 45.7. The van der Waals surface area contributed by atoms with Crippen LogP contribution in [-0.2, 0) is 0 Å². The van der Waals surface area contributed by atoms with E-state index >= 15 is 0 Å². The Morgan fingerprint density at radius 1 is 0.143 bits per heavy atom. The number of H-pyrrole nitrogens is 5. The van der Waals surface area contributed by atoms with E-state index < -0.39 is 0 Å². The van der Waals surface area contributed by atoms with Gasteiger partial charge in [-0.1, -0.05) is 266 Å². The summed E-state index contributed by atoms with van der Waals surface area (Å²) in [5, 5.41) is 20.6. The minimum absolute atomic E-state index is 0.520. The highest BCUT2D eigenvalue weighted by atomic mass is 16.5. The lowest BCUT2D eigenvalue weighted by atomic mass is 10.1. The first-order valence-corrected chi connectivity index (χ1v) is 45.7. The number of fused-ring (bicyclic) bond motifs is 5. The maximum Gasteiger partial charge on any atom is 0.258 e. The number of hydrogen-bond donors (Lipinski definition) is 5. The summed E-state index contributed by atoms with van der Waals surface area (Å²) in [5.74, 6) is 9.70. The molecule has 25 nitrogen and oxygen atoms in total. The summed E-state index contributed by atoms with van der Waals surface area (Å²) in [6.07, 6.45) is 0. The minimum Gasteiger partial charge on any atom is -0.338 e. The van der Waals surface area contributed by atoms with Gasteiger partial charge in [-0.15, -0.1) is 0 Å². The summed E-state index contributed by atoms with van der Waals surface area (Å²) in [6, 6.07) is 111. The summed E-state index contributed by atoms with van der Waals surface area (Å²) < 4.78 is 27.2. The Kier molecular flexibility index (Phi) is 24.1. The van der Waals surface area contributed by atoms with Crippen LogP contribution >= 0.6 is 0 Å². The van der Waals surface area contributed by atoms with E-state index in [1.54, 1.807) is 0 Å². The predicted octanol–water partition coefficient (Wildman–Crippen LogP) is 27.8. The van der Waals surface area contributed by atoms with Crippen molar-refractivity contribution in [2.45, 2.75) is 69.2 Å².